The topological polar surface area (TPSA) is 12.9 Å². The molecule has 13 heavy (non-hydrogen) atoms. The molecule has 0 N–H and O–H groups in total. The fraction of sp³-hybridized carbons (Fsp3) is 0.0833. The summed E-state index contributed by atoms with van der Waals surface area (Å²) >= 11 is 0. The van der Waals surface area contributed by atoms with Crippen molar-refractivity contribution in [2.45, 2.75) is 6.92 Å². The maximum absolute atomic E-state index is 4.34. The molecule has 0 saturated carbocycles. The van der Waals surface area contributed by atoms with E-state index in [1.807, 2.05) is 24.4 Å². The van der Waals surface area contributed by atoms with Gasteiger partial charge in [-0.3, -0.25) is 4.98 Å². The van der Waals surface area contributed by atoms with Crippen LogP contribution in [-0.4, -0.2) is 4.98 Å². The summed E-state index contributed by atoms with van der Waals surface area (Å²) < 4.78 is 0. The van der Waals surface area contributed by atoms with Crippen molar-refractivity contribution in [2.24, 2.45) is 0 Å². The highest BCUT2D eigenvalue weighted by Gasteiger charge is 1.97. The van der Waals surface area contributed by atoms with E-state index in [0.29, 0.717) is 0 Å². The standard InChI is InChI=1S/C12H11N/c1-3-10-7-11-9(2)5-4-6-12(11)13-8-10/h3-8H,1H2,2H3. The molecular weight excluding hydrogens is 158 g/mol. The van der Waals surface area contributed by atoms with Crippen molar-refractivity contribution in [1.29, 1.82) is 0 Å². The largest absolute Gasteiger partial charge is 0.256 e. The first-order valence-corrected chi connectivity index (χ1v) is 4.29. The molecule has 1 nitrogen and oxygen atoms in total. The Morgan fingerprint density at radius 1 is 1.38 bits per heavy atom. The fourth-order valence-corrected chi connectivity index (χ4v) is 1.43. The Morgan fingerprint density at radius 3 is 3.00 bits per heavy atom. The molecular formula is C12H11N. The number of rotatable bonds is 1. The van der Waals surface area contributed by atoms with Gasteiger partial charge in [-0.25, -0.2) is 0 Å². The quantitative estimate of drug-likeness (QED) is 0.638. The fourth-order valence-electron chi connectivity index (χ4n) is 1.43. The van der Waals surface area contributed by atoms with Gasteiger partial charge in [-0.05, 0) is 30.2 Å². The Hall–Kier alpha value is -1.63. The summed E-state index contributed by atoms with van der Waals surface area (Å²) in [5, 5.41) is 1.21. The second kappa shape index (κ2) is 3.02. The van der Waals surface area contributed by atoms with Gasteiger partial charge in [0.2, 0.25) is 0 Å². The third kappa shape index (κ3) is 1.33. The molecule has 1 aromatic carbocycles. The summed E-state index contributed by atoms with van der Waals surface area (Å²) in [6.45, 7) is 5.82. The summed E-state index contributed by atoms with van der Waals surface area (Å²) in [5.74, 6) is 0. The second-order valence-electron chi connectivity index (χ2n) is 3.11. The number of fused-ring (bicyclic) bond motifs is 1. The van der Waals surface area contributed by atoms with Crippen LogP contribution in [0.5, 0.6) is 0 Å². The zero-order valence-electron chi connectivity index (χ0n) is 7.62. The number of hydrogen-bond acceptors (Lipinski definition) is 1. The van der Waals surface area contributed by atoms with Gasteiger partial charge in [-0.2, -0.15) is 0 Å². The van der Waals surface area contributed by atoms with Gasteiger partial charge >= 0.3 is 0 Å². The average Bonchev–Trinajstić information content (AvgIpc) is 2.18. The smallest absolute Gasteiger partial charge is 0.0705 e. The number of pyridine rings is 1. The van der Waals surface area contributed by atoms with Crippen molar-refractivity contribution in [3.05, 3.63) is 48.2 Å². The Morgan fingerprint density at radius 2 is 2.23 bits per heavy atom. The monoisotopic (exact) mass is 169 g/mol. The zero-order valence-corrected chi connectivity index (χ0v) is 7.62. The highest BCUT2D eigenvalue weighted by Crippen LogP contribution is 2.17. The van der Waals surface area contributed by atoms with Crippen LogP contribution >= 0.6 is 0 Å². The third-order valence-corrected chi connectivity index (χ3v) is 2.20. The number of aryl methyl sites for hydroxylation is 1. The highest BCUT2D eigenvalue weighted by atomic mass is 14.6. The SMILES string of the molecule is C=Cc1cnc2cccc(C)c2c1. The first-order valence-electron chi connectivity index (χ1n) is 4.29. The summed E-state index contributed by atoms with van der Waals surface area (Å²) in [4.78, 5) is 4.34. The van der Waals surface area contributed by atoms with Gasteiger partial charge in [0.15, 0.2) is 0 Å². The molecule has 0 bridgehead atoms. The predicted molar refractivity (Wildman–Crippen MR) is 56.6 cm³/mol. The van der Waals surface area contributed by atoms with Gasteiger partial charge in [-0.1, -0.05) is 24.8 Å². The van der Waals surface area contributed by atoms with E-state index in [0.717, 1.165) is 11.1 Å². The molecule has 0 aliphatic rings. The number of nitrogens with zero attached hydrogens (tertiary/aromatic N) is 1. The van der Waals surface area contributed by atoms with Crippen LogP contribution in [0.1, 0.15) is 11.1 Å². The maximum atomic E-state index is 4.34. The van der Waals surface area contributed by atoms with E-state index >= 15 is 0 Å². The van der Waals surface area contributed by atoms with Crippen LogP contribution in [0.2, 0.25) is 0 Å². The molecule has 0 atom stereocenters. The molecule has 2 aromatic rings. The first kappa shape index (κ1) is 7.99. The molecule has 1 aromatic heterocycles. The molecule has 64 valence electrons. The molecule has 0 amide bonds. The van der Waals surface area contributed by atoms with Crippen molar-refractivity contribution in [3.8, 4) is 0 Å². The molecule has 2 rings (SSSR count). The Labute approximate surface area is 77.7 Å². The minimum absolute atomic E-state index is 1.05. The van der Waals surface area contributed by atoms with E-state index in [1.54, 1.807) is 0 Å². The van der Waals surface area contributed by atoms with Crippen LogP contribution in [0.25, 0.3) is 17.0 Å². The van der Waals surface area contributed by atoms with Crippen LogP contribution < -0.4 is 0 Å². The molecule has 0 unspecified atom stereocenters. The van der Waals surface area contributed by atoms with Gasteiger partial charge in [0.05, 0.1) is 5.52 Å². The van der Waals surface area contributed by atoms with Crippen molar-refractivity contribution >= 4 is 17.0 Å². The van der Waals surface area contributed by atoms with E-state index in [9.17, 15) is 0 Å². The molecule has 0 aliphatic carbocycles. The summed E-state index contributed by atoms with van der Waals surface area (Å²) in [7, 11) is 0. The lowest BCUT2D eigenvalue weighted by Gasteiger charge is -2.01. The predicted octanol–water partition coefficient (Wildman–Crippen LogP) is 3.19. The van der Waals surface area contributed by atoms with Crippen molar-refractivity contribution in [2.75, 3.05) is 0 Å². The van der Waals surface area contributed by atoms with Gasteiger partial charge in [-0.15, -0.1) is 0 Å². The lowest BCUT2D eigenvalue weighted by molar-refractivity contribution is 1.38. The van der Waals surface area contributed by atoms with Gasteiger partial charge < -0.3 is 0 Å². The molecule has 1 heteroatoms. The summed E-state index contributed by atoms with van der Waals surface area (Å²) in [6.07, 6.45) is 3.66. The average molecular weight is 169 g/mol. The Bertz CT molecular complexity index is 458. The second-order valence-corrected chi connectivity index (χ2v) is 3.11. The Balaban J connectivity index is 2.81. The minimum atomic E-state index is 1.05. The lowest BCUT2D eigenvalue weighted by atomic mass is 10.1. The molecule has 0 spiro atoms. The van der Waals surface area contributed by atoms with Crippen LogP contribution in [0.3, 0.4) is 0 Å². The molecule has 0 aliphatic heterocycles. The maximum Gasteiger partial charge on any atom is 0.0705 e. The summed E-state index contributed by atoms with van der Waals surface area (Å²) in [5.41, 5.74) is 3.38. The lowest BCUT2D eigenvalue weighted by Crippen LogP contribution is -1.83. The Kier molecular flexibility index (Phi) is 1.85. The van der Waals surface area contributed by atoms with E-state index in [1.165, 1.54) is 10.9 Å². The number of hydrogen-bond donors (Lipinski definition) is 0. The normalized spacial score (nSPS) is 10.2. The molecule has 0 fully saturated rings. The van der Waals surface area contributed by atoms with Gasteiger partial charge in [0, 0.05) is 11.6 Å². The molecule has 0 saturated heterocycles. The number of aromatic nitrogens is 1. The number of benzene rings is 1. The molecule has 1 heterocycles. The van der Waals surface area contributed by atoms with Crippen molar-refractivity contribution in [1.82, 2.24) is 4.98 Å². The molecule has 0 radical (unpaired) electrons. The third-order valence-electron chi connectivity index (χ3n) is 2.20. The zero-order chi connectivity index (χ0) is 9.26. The van der Waals surface area contributed by atoms with Gasteiger partial charge in [0.25, 0.3) is 0 Å². The summed E-state index contributed by atoms with van der Waals surface area (Å²) in [6, 6.07) is 8.26. The van der Waals surface area contributed by atoms with Crippen LogP contribution in [-0.2, 0) is 0 Å². The van der Waals surface area contributed by atoms with Crippen LogP contribution in [0.4, 0.5) is 0 Å². The van der Waals surface area contributed by atoms with E-state index < -0.39 is 0 Å². The van der Waals surface area contributed by atoms with Gasteiger partial charge in [0.1, 0.15) is 0 Å². The van der Waals surface area contributed by atoms with E-state index in [4.69, 9.17) is 0 Å². The van der Waals surface area contributed by atoms with Crippen molar-refractivity contribution in [3.63, 3.8) is 0 Å². The van der Waals surface area contributed by atoms with E-state index in [2.05, 4.69) is 30.6 Å². The van der Waals surface area contributed by atoms with Crippen LogP contribution in [0, 0.1) is 6.92 Å². The van der Waals surface area contributed by atoms with Crippen LogP contribution in [0.15, 0.2) is 37.0 Å². The highest BCUT2D eigenvalue weighted by molar-refractivity contribution is 5.83. The first-order chi connectivity index (χ1) is 6.31. The van der Waals surface area contributed by atoms with Crippen molar-refractivity contribution < 1.29 is 0 Å². The van der Waals surface area contributed by atoms with E-state index in [-0.39, 0.29) is 0 Å². The minimum Gasteiger partial charge on any atom is -0.256 e.